The fourth-order valence-corrected chi connectivity index (χ4v) is 3.06. The Morgan fingerprint density at radius 3 is 2.80 bits per heavy atom. The van der Waals surface area contributed by atoms with Gasteiger partial charge >= 0.3 is 0 Å². The lowest BCUT2D eigenvalue weighted by molar-refractivity contribution is 0.0732. The number of aromatic nitrogens is 2. The molecule has 0 fully saturated rings. The van der Waals surface area contributed by atoms with Crippen LogP contribution in [0.15, 0.2) is 30.5 Å². The number of hydrogen-bond donors (Lipinski definition) is 1. The Balaban J connectivity index is 1.69. The first-order valence-electron chi connectivity index (χ1n) is 8.79. The first kappa shape index (κ1) is 17.2. The van der Waals surface area contributed by atoms with Gasteiger partial charge in [-0.2, -0.15) is 0 Å². The zero-order valence-electron chi connectivity index (χ0n) is 14.9. The molecule has 1 aliphatic heterocycles. The van der Waals surface area contributed by atoms with Crippen molar-refractivity contribution in [3.8, 4) is 0 Å². The van der Waals surface area contributed by atoms with Crippen molar-refractivity contribution in [2.75, 3.05) is 30.8 Å². The number of fused-ring (bicyclic) bond motifs is 1. The minimum atomic E-state index is 0.0330. The van der Waals surface area contributed by atoms with Crippen molar-refractivity contribution in [2.45, 2.75) is 32.7 Å². The summed E-state index contributed by atoms with van der Waals surface area (Å²) in [7, 11) is 2.08. The molecule has 3 rings (SSSR count). The normalized spacial score (nSPS) is 13.4. The largest absolute Gasteiger partial charge is 0.375 e. The predicted molar refractivity (Wildman–Crippen MR) is 99.5 cm³/mol. The lowest BCUT2D eigenvalue weighted by Crippen LogP contribution is -2.36. The van der Waals surface area contributed by atoms with E-state index in [2.05, 4.69) is 28.8 Å². The van der Waals surface area contributed by atoms with Crippen LogP contribution in [0.3, 0.4) is 0 Å². The molecule has 0 aliphatic carbocycles. The second-order valence-electron chi connectivity index (χ2n) is 6.50. The van der Waals surface area contributed by atoms with Gasteiger partial charge in [-0.15, -0.1) is 0 Å². The summed E-state index contributed by atoms with van der Waals surface area (Å²) in [4.78, 5) is 25.1. The van der Waals surface area contributed by atoms with Crippen LogP contribution < -0.4 is 10.6 Å². The van der Waals surface area contributed by atoms with E-state index in [4.69, 9.17) is 5.73 Å². The minimum Gasteiger partial charge on any atom is -0.375 e. The molecule has 0 bridgehead atoms. The first-order chi connectivity index (χ1) is 12.1. The van der Waals surface area contributed by atoms with E-state index in [1.165, 1.54) is 6.42 Å². The van der Waals surface area contributed by atoms with Crippen molar-refractivity contribution in [1.29, 1.82) is 0 Å². The van der Waals surface area contributed by atoms with Crippen molar-refractivity contribution in [3.63, 3.8) is 0 Å². The van der Waals surface area contributed by atoms with Crippen molar-refractivity contribution in [1.82, 2.24) is 14.9 Å². The topological polar surface area (TPSA) is 75.4 Å². The number of nitrogen functional groups attached to an aromatic ring is 1. The highest BCUT2D eigenvalue weighted by atomic mass is 16.2. The smallest absolute Gasteiger partial charge is 0.254 e. The molecule has 0 spiro atoms. The number of anilines is 2. The van der Waals surface area contributed by atoms with Gasteiger partial charge in [0.15, 0.2) is 0 Å². The molecule has 1 aromatic heterocycles. The molecule has 1 aromatic carbocycles. The highest BCUT2D eigenvalue weighted by Crippen LogP contribution is 2.20. The van der Waals surface area contributed by atoms with Crippen LogP contribution in [0.2, 0.25) is 0 Å². The second-order valence-corrected chi connectivity index (χ2v) is 6.50. The molecule has 25 heavy (non-hydrogen) atoms. The summed E-state index contributed by atoms with van der Waals surface area (Å²) in [6, 6.07) is 7.84. The molecule has 1 aliphatic rings. The maximum atomic E-state index is 12.8. The maximum absolute atomic E-state index is 12.8. The summed E-state index contributed by atoms with van der Waals surface area (Å²) in [5, 5.41) is 0. The molecular weight excluding hydrogens is 314 g/mol. The molecule has 2 heterocycles. The van der Waals surface area contributed by atoms with Crippen LogP contribution in [0.1, 0.15) is 41.4 Å². The van der Waals surface area contributed by atoms with E-state index in [0.29, 0.717) is 18.7 Å². The van der Waals surface area contributed by atoms with Gasteiger partial charge in [0.05, 0.1) is 12.2 Å². The highest BCUT2D eigenvalue weighted by molar-refractivity contribution is 5.94. The lowest BCUT2D eigenvalue weighted by atomic mass is 10.1. The van der Waals surface area contributed by atoms with Gasteiger partial charge < -0.3 is 15.5 Å². The molecule has 0 saturated heterocycles. The number of rotatable bonds is 5. The maximum Gasteiger partial charge on any atom is 0.254 e. The van der Waals surface area contributed by atoms with Gasteiger partial charge in [-0.25, -0.2) is 9.97 Å². The molecular formula is C19H25N5O. The van der Waals surface area contributed by atoms with Gasteiger partial charge in [0, 0.05) is 37.6 Å². The van der Waals surface area contributed by atoms with E-state index in [9.17, 15) is 4.79 Å². The van der Waals surface area contributed by atoms with Gasteiger partial charge in [0.25, 0.3) is 5.91 Å². The standard InChI is InChI=1S/C19H25N5O/c1-3-4-10-23(2)16-7-5-14(6-8-16)18(25)24-11-9-15-12-21-19(20)22-17(15)13-24/h5-8,12H,3-4,9-11,13H2,1-2H3,(H2,20,21,22). The molecule has 0 saturated carbocycles. The summed E-state index contributed by atoms with van der Waals surface area (Å²) in [6.07, 6.45) is 4.86. The number of amides is 1. The van der Waals surface area contributed by atoms with E-state index in [0.717, 1.165) is 36.3 Å². The summed E-state index contributed by atoms with van der Waals surface area (Å²) >= 11 is 0. The molecule has 6 heteroatoms. The van der Waals surface area contributed by atoms with Crippen molar-refractivity contribution >= 4 is 17.5 Å². The van der Waals surface area contributed by atoms with Crippen LogP contribution in [0.25, 0.3) is 0 Å². The number of benzene rings is 1. The fraction of sp³-hybridized carbons (Fsp3) is 0.421. The molecule has 1 amide bonds. The summed E-state index contributed by atoms with van der Waals surface area (Å²) < 4.78 is 0. The van der Waals surface area contributed by atoms with Crippen molar-refractivity contribution in [3.05, 3.63) is 47.3 Å². The third-order valence-electron chi connectivity index (χ3n) is 4.65. The molecule has 2 N–H and O–H groups in total. The Bertz CT molecular complexity index is 744. The zero-order valence-corrected chi connectivity index (χ0v) is 14.9. The Morgan fingerprint density at radius 1 is 1.32 bits per heavy atom. The van der Waals surface area contributed by atoms with Gasteiger partial charge in [-0.3, -0.25) is 4.79 Å². The third kappa shape index (κ3) is 3.90. The molecule has 2 aromatic rings. The number of nitrogens with zero attached hydrogens (tertiary/aromatic N) is 4. The monoisotopic (exact) mass is 339 g/mol. The zero-order chi connectivity index (χ0) is 17.8. The lowest BCUT2D eigenvalue weighted by Gasteiger charge is -2.28. The van der Waals surface area contributed by atoms with Crippen LogP contribution in [-0.2, 0) is 13.0 Å². The van der Waals surface area contributed by atoms with Crippen LogP contribution in [0.4, 0.5) is 11.6 Å². The average molecular weight is 339 g/mol. The SMILES string of the molecule is CCCCN(C)c1ccc(C(=O)N2CCc3cnc(N)nc3C2)cc1. The van der Waals surface area contributed by atoms with E-state index in [-0.39, 0.29) is 11.9 Å². The Morgan fingerprint density at radius 2 is 2.08 bits per heavy atom. The predicted octanol–water partition coefficient (Wildman–Crippen LogP) is 2.49. The van der Waals surface area contributed by atoms with Crippen LogP contribution in [0.5, 0.6) is 0 Å². The molecule has 0 atom stereocenters. The summed E-state index contributed by atoms with van der Waals surface area (Å²) in [5.74, 6) is 0.290. The molecule has 0 radical (unpaired) electrons. The molecule has 0 unspecified atom stereocenters. The van der Waals surface area contributed by atoms with Crippen LogP contribution in [-0.4, -0.2) is 40.9 Å². The fourth-order valence-electron chi connectivity index (χ4n) is 3.06. The Kier molecular flexibility index (Phi) is 5.16. The minimum absolute atomic E-state index is 0.0330. The van der Waals surface area contributed by atoms with E-state index in [1.807, 2.05) is 29.2 Å². The van der Waals surface area contributed by atoms with Crippen molar-refractivity contribution in [2.24, 2.45) is 0 Å². The molecule has 6 nitrogen and oxygen atoms in total. The van der Waals surface area contributed by atoms with Gasteiger partial charge in [-0.1, -0.05) is 13.3 Å². The first-order valence-corrected chi connectivity index (χ1v) is 8.79. The quantitative estimate of drug-likeness (QED) is 0.906. The summed E-state index contributed by atoms with van der Waals surface area (Å²) in [5.41, 5.74) is 9.43. The Hall–Kier alpha value is -2.63. The number of nitrogens with two attached hydrogens (primary N) is 1. The van der Waals surface area contributed by atoms with Crippen LogP contribution >= 0.6 is 0 Å². The summed E-state index contributed by atoms with van der Waals surface area (Å²) in [6.45, 7) is 4.37. The second kappa shape index (κ2) is 7.51. The number of unbranched alkanes of at least 4 members (excludes halogenated alkanes) is 1. The van der Waals surface area contributed by atoms with E-state index < -0.39 is 0 Å². The van der Waals surface area contributed by atoms with Gasteiger partial charge in [0.1, 0.15) is 0 Å². The number of carbonyl (C=O) groups is 1. The van der Waals surface area contributed by atoms with Gasteiger partial charge in [0.2, 0.25) is 5.95 Å². The van der Waals surface area contributed by atoms with Crippen LogP contribution in [0, 0.1) is 0 Å². The third-order valence-corrected chi connectivity index (χ3v) is 4.65. The number of carbonyl (C=O) groups excluding carboxylic acids is 1. The van der Waals surface area contributed by atoms with Crippen molar-refractivity contribution < 1.29 is 4.79 Å². The molecule has 132 valence electrons. The van der Waals surface area contributed by atoms with E-state index in [1.54, 1.807) is 6.20 Å². The highest BCUT2D eigenvalue weighted by Gasteiger charge is 2.23. The van der Waals surface area contributed by atoms with E-state index >= 15 is 0 Å². The van der Waals surface area contributed by atoms with Gasteiger partial charge in [-0.05, 0) is 42.7 Å². The Labute approximate surface area is 148 Å². The average Bonchev–Trinajstić information content (AvgIpc) is 2.65. The number of hydrogen-bond acceptors (Lipinski definition) is 5.